The minimum atomic E-state index is -0.399. The molecule has 5 heteroatoms. The van der Waals surface area contributed by atoms with Gasteiger partial charge in [0.05, 0.1) is 6.61 Å². The summed E-state index contributed by atoms with van der Waals surface area (Å²) in [5.74, 6) is 0.160. The van der Waals surface area contributed by atoms with Gasteiger partial charge in [0.15, 0.2) is 0 Å². The lowest BCUT2D eigenvalue weighted by molar-refractivity contribution is -0.137. The van der Waals surface area contributed by atoms with E-state index in [9.17, 15) is 9.18 Å². The van der Waals surface area contributed by atoms with Gasteiger partial charge in [-0.3, -0.25) is 0 Å². The van der Waals surface area contributed by atoms with Crippen molar-refractivity contribution in [1.82, 2.24) is 4.98 Å². The van der Waals surface area contributed by atoms with E-state index in [4.69, 9.17) is 9.47 Å². The predicted molar refractivity (Wildman–Crippen MR) is 76.4 cm³/mol. The van der Waals surface area contributed by atoms with Crippen LogP contribution in [0.4, 0.5) is 4.39 Å². The fraction of sp³-hybridized carbons (Fsp3) is 0.125. The second kappa shape index (κ2) is 7.19. The quantitative estimate of drug-likeness (QED) is 0.623. The van der Waals surface area contributed by atoms with E-state index in [2.05, 4.69) is 4.98 Å². The fourth-order valence-corrected chi connectivity index (χ4v) is 1.53. The zero-order chi connectivity index (χ0) is 15.1. The van der Waals surface area contributed by atoms with E-state index >= 15 is 0 Å². The van der Waals surface area contributed by atoms with Crippen molar-refractivity contribution in [2.45, 2.75) is 6.92 Å². The van der Waals surface area contributed by atoms with Crippen molar-refractivity contribution in [2.75, 3.05) is 6.61 Å². The summed E-state index contributed by atoms with van der Waals surface area (Å²) in [6.07, 6.45) is 4.50. The third kappa shape index (κ3) is 4.72. The van der Waals surface area contributed by atoms with Gasteiger partial charge in [-0.05, 0) is 48.9 Å². The predicted octanol–water partition coefficient (Wildman–Crippen LogP) is 3.59. The molecule has 0 radical (unpaired) electrons. The van der Waals surface area contributed by atoms with Crippen molar-refractivity contribution in [2.24, 2.45) is 0 Å². The topological polar surface area (TPSA) is 48.4 Å². The highest BCUT2D eigenvalue weighted by atomic mass is 19.1. The molecule has 0 unspecified atom stereocenters. The Hall–Kier alpha value is -2.69. The number of carbonyl (C=O) groups excluding carboxylic acids is 1. The van der Waals surface area contributed by atoms with Crippen LogP contribution in [0.25, 0.3) is 6.08 Å². The average Bonchev–Trinajstić information content (AvgIpc) is 2.49. The first-order chi connectivity index (χ1) is 10.2. The lowest BCUT2D eigenvalue weighted by Gasteiger charge is -2.04. The Labute approximate surface area is 121 Å². The van der Waals surface area contributed by atoms with Crippen molar-refractivity contribution < 1.29 is 18.7 Å². The maximum atomic E-state index is 12.8. The van der Waals surface area contributed by atoms with Crippen LogP contribution >= 0.6 is 0 Å². The molecule has 0 N–H and O–H groups in total. The lowest BCUT2D eigenvalue weighted by atomic mass is 10.2. The van der Waals surface area contributed by atoms with Gasteiger partial charge in [-0.1, -0.05) is 0 Å². The number of esters is 1. The van der Waals surface area contributed by atoms with Gasteiger partial charge >= 0.3 is 5.97 Å². The zero-order valence-corrected chi connectivity index (χ0v) is 11.5. The Bertz CT molecular complexity index is 621. The second-order valence-electron chi connectivity index (χ2n) is 4.07. The second-order valence-corrected chi connectivity index (χ2v) is 4.07. The summed E-state index contributed by atoms with van der Waals surface area (Å²) in [5.41, 5.74) is 0.745. The van der Waals surface area contributed by atoms with Crippen LogP contribution in [0.5, 0.6) is 11.6 Å². The molecular formula is C16H14FNO3. The number of nitrogens with zero attached hydrogens (tertiary/aromatic N) is 1. The van der Waals surface area contributed by atoms with E-state index in [1.54, 1.807) is 31.3 Å². The monoisotopic (exact) mass is 287 g/mol. The van der Waals surface area contributed by atoms with Gasteiger partial charge in [0.2, 0.25) is 5.88 Å². The van der Waals surface area contributed by atoms with Crippen LogP contribution in [-0.4, -0.2) is 17.6 Å². The molecule has 21 heavy (non-hydrogen) atoms. The Morgan fingerprint density at radius 3 is 2.62 bits per heavy atom. The fourth-order valence-electron chi connectivity index (χ4n) is 1.53. The van der Waals surface area contributed by atoms with E-state index < -0.39 is 5.97 Å². The number of aromatic nitrogens is 1. The van der Waals surface area contributed by atoms with Crippen LogP contribution < -0.4 is 4.74 Å². The molecule has 0 saturated carbocycles. The summed E-state index contributed by atoms with van der Waals surface area (Å²) in [6.45, 7) is 2.08. The van der Waals surface area contributed by atoms with Crippen molar-refractivity contribution in [1.29, 1.82) is 0 Å². The first-order valence-electron chi connectivity index (χ1n) is 6.41. The lowest BCUT2D eigenvalue weighted by Crippen LogP contribution is -1.98. The first kappa shape index (κ1) is 14.7. The number of halogens is 1. The molecule has 0 aliphatic rings. The highest BCUT2D eigenvalue weighted by Gasteiger charge is 1.99. The molecule has 1 aromatic heterocycles. The van der Waals surface area contributed by atoms with Gasteiger partial charge in [0, 0.05) is 18.3 Å². The number of pyridine rings is 1. The molecule has 0 atom stereocenters. The molecule has 0 spiro atoms. The van der Waals surface area contributed by atoms with Gasteiger partial charge in [0.1, 0.15) is 11.6 Å². The molecular weight excluding hydrogens is 273 g/mol. The number of ether oxygens (including phenoxy) is 2. The number of hydrogen-bond donors (Lipinski definition) is 0. The molecule has 0 saturated heterocycles. The number of rotatable bonds is 5. The average molecular weight is 287 g/mol. The standard InChI is InChI=1S/C16H14FNO3/c1-2-20-16(19)10-4-12-3-9-15(18-11-12)21-14-7-5-13(17)6-8-14/h3-11H,2H2,1H3. The smallest absolute Gasteiger partial charge is 0.330 e. The van der Waals surface area contributed by atoms with Crippen molar-refractivity contribution in [3.05, 3.63) is 60.1 Å². The van der Waals surface area contributed by atoms with Crippen LogP contribution in [0, 0.1) is 5.82 Å². The van der Waals surface area contributed by atoms with Gasteiger partial charge in [-0.25, -0.2) is 14.2 Å². The molecule has 1 aromatic carbocycles. The number of hydrogen-bond acceptors (Lipinski definition) is 4. The minimum Gasteiger partial charge on any atom is -0.463 e. The van der Waals surface area contributed by atoms with E-state index in [0.717, 1.165) is 5.56 Å². The number of benzene rings is 1. The maximum absolute atomic E-state index is 12.8. The molecule has 0 bridgehead atoms. The van der Waals surface area contributed by atoms with E-state index in [-0.39, 0.29) is 5.82 Å². The van der Waals surface area contributed by atoms with E-state index in [1.807, 2.05) is 0 Å². The first-order valence-corrected chi connectivity index (χ1v) is 6.41. The Morgan fingerprint density at radius 2 is 2.00 bits per heavy atom. The number of carbonyl (C=O) groups is 1. The van der Waals surface area contributed by atoms with Gasteiger partial charge in [0.25, 0.3) is 0 Å². The Morgan fingerprint density at radius 1 is 1.24 bits per heavy atom. The normalized spacial score (nSPS) is 10.6. The molecule has 108 valence electrons. The van der Waals surface area contributed by atoms with E-state index in [1.165, 1.54) is 30.3 Å². The largest absolute Gasteiger partial charge is 0.463 e. The van der Waals surface area contributed by atoms with Crippen LogP contribution in [0.15, 0.2) is 48.7 Å². The molecule has 2 aromatic rings. The maximum Gasteiger partial charge on any atom is 0.330 e. The van der Waals surface area contributed by atoms with E-state index in [0.29, 0.717) is 18.2 Å². The zero-order valence-electron chi connectivity index (χ0n) is 11.5. The Kier molecular flexibility index (Phi) is 5.04. The molecule has 1 heterocycles. The SMILES string of the molecule is CCOC(=O)C=Cc1ccc(Oc2ccc(F)cc2)nc1. The molecule has 0 amide bonds. The summed E-state index contributed by atoms with van der Waals surface area (Å²) >= 11 is 0. The molecule has 0 fully saturated rings. The molecule has 0 aliphatic heterocycles. The highest BCUT2D eigenvalue weighted by molar-refractivity contribution is 5.86. The van der Waals surface area contributed by atoms with Crippen molar-refractivity contribution in [3.63, 3.8) is 0 Å². The summed E-state index contributed by atoms with van der Waals surface area (Å²) in [6, 6.07) is 9.07. The molecule has 0 aliphatic carbocycles. The van der Waals surface area contributed by atoms with Crippen LogP contribution in [0.2, 0.25) is 0 Å². The van der Waals surface area contributed by atoms with Gasteiger partial charge in [-0.15, -0.1) is 0 Å². The van der Waals surface area contributed by atoms with Crippen LogP contribution in [0.1, 0.15) is 12.5 Å². The third-order valence-electron chi connectivity index (χ3n) is 2.49. The van der Waals surface area contributed by atoms with Gasteiger partial charge in [-0.2, -0.15) is 0 Å². The van der Waals surface area contributed by atoms with Crippen molar-refractivity contribution in [3.8, 4) is 11.6 Å². The summed E-state index contributed by atoms with van der Waals surface area (Å²) in [5, 5.41) is 0. The highest BCUT2D eigenvalue weighted by Crippen LogP contribution is 2.19. The minimum absolute atomic E-state index is 0.324. The Balaban J connectivity index is 1.98. The van der Waals surface area contributed by atoms with Crippen LogP contribution in [0.3, 0.4) is 0 Å². The summed E-state index contributed by atoms with van der Waals surface area (Å²) in [4.78, 5) is 15.3. The molecule has 2 rings (SSSR count). The van der Waals surface area contributed by atoms with Crippen molar-refractivity contribution >= 4 is 12.0 Å². The molecule has 4 nitrogen and oxygen atoms in total. The van der Waals surface area contributed by atoms with Crippen LogP contribution in [-0.2, 0) is 9.53 Å². The summed E-state index contributed by atoms with van der Waals surface area (Å²) < 4.78 is 23.0. The summed E-state index contributed by atoms with van der Waals surface area (Å²) in [7, 11) is 0. The van der Waals surface area contributed by atoms with Gasteiger partial charge < -0.3 is 9.47 Å². The third-order valence-corrected chi connectivity index (χ3v) is 2.49.